The fourth-order valence-corrected chi connectivity index (χ4v) is 1.56. The van der Waals surface area contributed by atoms with E-state index in [2.05, 4.69) is 32.9 Å². The van der Waals surface area contributed by atoms with Crippen LogP contribution in [-0.4, -0.2) is 5.97 Å². The smallest absolute Gasteiger partial charge is 0.318 e. The molecule has 0 aromatic heterocycles. The molecule has 1 rings (SSSR count). The van der Waals surface area contributed by atoms with Gasteiger partial charge < -0.3 is 4.74 Å². The van der Waals surface area contributed by atoms with Gasteiger partial charge in [-0.15, -0.1) is 0 Å². The molecule has 1 unspecified atom stereocenters. The predicted octanol–water partition coefficient (Wildman–Crippen LogP) is 3.76. The Kier molecular flexibility index (Phi) is 5.03. The van der Waals surface area contributed by atoms with Crippen LogP contribution < -0.4 is 0 Å². The topological polar surface area (TPSA) is 26.3 Å². The molecule has 0 aromatic rings. The molecule has 0 bridgehead atoms. The Bertz CT molecular complexity index is 331. The van der Waals surface area contributed by atoms with Crippen LogP contribution in [0.5, 0.6) is 0 Å². The molecule has 1 atom stereocenters. The Labute approximate surface area is 97.7 Å². The molecule has 0 fully saturated rings. The van der Waals surface area contributed by atoms with Crippen molar-refractivity contribution < 1.29 is 9.53 Å². The molecule has 0 aromatic carbocycles. The van der Waals surface area contributed by atoms with Crippen LogP contribution in [0.25, 0.3) is 0 Å². The van der Waals surface area contributed by atoms with Gasteiger partial charge in [-0.2, -0.15) is 0 Å². The number of rotatable bonds is 5. The van der Waals surface area contributed by atoms with E-state index in [9.17, 15) is 4.79 Å². The molecule has 16 heavy (non-hydrogen) atoms. The third-order valence-electron chi connectivity index (χ3n) is 2.61. The summed E-state index contributed by atoms with van der Waals surface area (Å²) in [5.74, 6) is -0.202. The summed E-state index contributed by atoms with van der Waals surface area (Å²) < 4.78 is 4.75. The fraction of sp³-hybridized carbons (Fsp3) is 0.500. The van der Waals surface area contributed by atoms with E-state index in [1.807, 2.05) is 6.08 Å². The van der Waals surface area contributed by atoms with Crippen molar-refractivity contribution >= 4 is 5.97 Å². The first-order valence-corrected chi connectivity index (χ1v) is 5.75. The zero-order chi connectivity index (χ0) is 12.0. The van der Waals surface area contributed by atoms with Gasteiger partial charge in [-0.05, 0) is 46.1 Å². The Morgan fingerprint density at radius 3 is 2.69 bits per heavy atom. The summed E-state index contributed by atoms with van der Waals surface area (Å²) in [4.78, 5) is 11.2. The van der Waals surface area contributed by atoms with Gasteiger partial charge in [-0.25, -0.2) is 0 Å². The summed E-state index contributed by atoms with van der Waals surface area (Å²) in [6.07, 6.45) is 10.6. The quantitative estimate of drug-likeness (QED) is 0.521. The molecule has 1 aliphatic heterocycles. The van der Waals surface area contributed by atoms with Crippen LogP contribution in [0, 0.1) is 5.92 Å². The summed E-state index contributed by atoms with van der Waals surface area (Å²) >= 11 is 0. The number of hydrogen-bond donors (Lipinski definition) is 0. The van der Waals surface area contributed by atoms with Crippen molar-refractivity contribution in [1.82, 2.24) is 0 Å². The fourth-order valence-electron chi connectivity index (χ4n) is 1.56. The maximum Gasteiger partial charge on any atom is 0.318 e. The van der Waals surface area contributed by atoms with Crippen LogP contribution in [0.3, 0.4) is 0 Å². The molecule has 0 aliphatic carbocycles. The van der Waals surface area contributed by atoms with Gasteiger partial charge in [0.1, 0.15) is 0 Å². The molecule has 0 amide bonds. The molecule has 0 spiro atoms. The number of allylic oxidation sites excluding steroid dienone is 4. The third-order valence-corrected chi connectivity index (χ3v) is 2.61. The molecule has 0 radical (unpaired) electrons. The van der Waals surface area contributed by atoms with Crippen LogP contribution >= 0.6 is 0 Å². The number of ether oxygens (including phenoxy) is 1. The third kappa shape index (κ3) is 4.47. The molecular formula is C14H20O2. The van der Waals surface area contributed by atoms with E-state index >= 15 is 0 Å². The lowest BCUT2D eigenvalue weighted by atomic mass is 10.0. The first-order chi connectivity index (χ1) is 7.59. The normalized spacial score (nSPS) is 19.8. The van der Waals surface area contributed by atoms with E-state index in [4.69, 9.17) is 4.74 Å². The van der Waals surface area contributed by atoms with Crippen molar-refractivity contribution in [3.8, 4) is 0 Å². The minimum atomic E-state index is -0.131. The maximum atomic E-state index is 11.2. The van der Waals surface area contributed by atoms with E-state index in [-0.39, 0.29) is 11.9 Å². The molecule has 88 valence electrons. The van der Waals surface area contributed by atoms with Crippen molar-refractivity contribution in [2.75, 3.05) is 0 Å². The highest BCUT2D eigenvalue weighted by Gasteiger charge is 2.19. The lowest BCUT2D eigenvalue weighted by molar-refractivity contribution is -0.138. The molecule has 0 saturated carbocycles. The Morgan fingerprint density at radius 2 is 2.12 bits per heavy atom. The number of carbonyl (C=O) groups excluding carboxylic acids is 1. The number of esters is 1. The lowest BCUT2D eigenvalue weighted by Gasteiger charge is -2.02. The van der Waals surface area contributed by atoms with Crippen LogP contribution in [0.4, 0.5) is 0 Å². The first kappa shape index (κ1) is 12.8. The highest BCUT2D eigenvalue weighted by Crippen LogP contribution is 2.17. The van der Waals surface area contributed by atoms with Crippen molar-refractivity contribution in [3.05, 3.63) is 35.6 Å². The zero-order valence-corrected chi connectivity index (χ0v) is 10.3. The van der Waals surface area contributed by atoms with Gasteiger partial charge in [0.25, 0.3) is 0 Å². The first-order valence-electron chi connectivity index (χ1n) is 5.75. The van der Waals surface area contributed by atoms with E-state index < -0.39 is 0 Å². The van der Waals surface area contributed by atoms with Crippen LogP contribution in [0.2, 0.25) is 0 Å². The molecule has 2 nitrogen and oxygen atoms in total. The average molecular weight is 220 g/mol. The van der Waals surface area contributed by atoms with Crippen molar-refractivity contribution in [1.29, 1.82) is 0 Å². The largest absolute Gasteiger partial charge is 0.434 e. The minimum Gasteiger partial charge on any atom is -0.434 e. The average Bonchev–Trinajstić information content (AvgIpc) is 2.60. The van der Waals surface area contributed by atoms with Crippen LogP contribution in [0.1, 0.15) is 40.0 Å². The summed E-state index contributed by atoms with van der Waals surface area (Å²) in [5, 5.41) is 0. The second-order valence-electron chi connectivity index (χ2n) is 4.48. The van der Waals surface area contributed by atoms with E-state index in [0.717, 1.165) is 19.3 Å². The predicted molar refractivity (Wildman–Crippen MR) is 65.8 cm³/mol. The SMILES string of the molecule is CC(C)=CCC/C(C)=C/CC1C=COC1=O. The van der Waals surface area contributed by atoms with Gasteiger partial charge in [0.15, 0.2) is 0 Å². The van der Waals surface area contributed by atoms with E-state index in [0.29, 0.717) is 0 Å². The maximum absolute atomic E-state index is 11.2. The van der Waals surface area contributed by atoms with Crippen LogP contribution in [-0.2, 0) is 9.53 Å². The van der Waals surface area contributed by atoms with Gasteiger partial charge in [0.2, 0.25) is 0 Å². The van der Waals surface area contributed by atoms with Crippen molar-refractivity contribution in [3.63, 3.8) is 0 Å². The van der Waals surface area contributed by atoms with Crippen molar-refractivity contribution in [2.45, 2.75) is 40.0 Å². The molecular weight excluding hydrogens is 200 g/mol. The summed E-state index contributed by atoms with van der Waals surface area (Å²) in [5.41, 5.74) is 2.70. The number of cyclic esters (lactones) is 1. The molecule has 2 heteroatoms. The summed E-state index contributed by atoms with van der Waals surface area (Å²) in [6, 6.07) is 0. The van der Waals surface area contributed by atoms with E-state index in [1.165, 1.54) is 17.4 Å². The Morgan fingerprint density at radius 1 is 1.38 bits per heavy atom. The van der Waals surface area contributed by atoms with Gasteiger partial charge in [0, 0.05) is 0 Å². The Hall–Kier alpha value is -1.31. The monoisotopic (exact) mass is 220 g/mol. The molecule has 0 N–H and O–H groups in total. The molecule has 1 heterocycles. The van der Waals surface area contributed by atoms with Gasteiger partial charge in [-0.1, -0.05) is 23.3 Å². The van der Waals surface area contributed by atoms with Crippen molar-refractivity contribution in [2.24, 2.45) is 5.92 Å². The minimum absolute atomic E-state index is 0.0709. The highest BCUT2D eigenvalue weighted by molar-refractivity contribution is 5.77. The summed E-state index contributed by atoms with van der Waals surface area (Å²) in [7, 11) is 0. The Balaban J connectivity index is 2.31. The van der Waals surface area contributed by atoms with Gasteiger partial charge in [-0.3, -0.25) is 4.79 Å². The van der Waals surface area contributed by atoms with Gasteiger partial charge in [0.05, 0.1) is 12.2 Å². The molecule has 0 saturated heterocycles. The second kappa shape index (κ2) is 6.31. The number of hydrogen-bond acceptors (Lipinski definition) is 2. The highest BCUT2D eigenvalue weighted by atomic mass is 16.5. The van der Waals surface area contributed by atoms with Crippen LogP contribution in [0.15, 0.2) is 35.6 Å². The number of carbonyl (C=O) groups is 1. The van der Waals surface area contributed by atoms with E-state index in [1.54, 1.807) is 0 Å². The second-order valence-corrected chi connectivity index (χ2v) is 4.48. The summed E-state index contributed by atoms with van der Waals surface area (Å²) in [6.45, 7) is 6.33. The molecule has 1 aliphatic rings. The standard InChI is InChI=1S/C14H20O2/c1-11(2)5-4-6-12(3)7-8-13-9-10-16-14(13)15/h5,7,9-10,13H,4,6,8H2,1-3H3/b12-7+. The lowest BCUT2D eigenvalue weighted by Crippen LogP contribution is -2.06. The zero-order valence-electron chi connectivity index (χ0n) is 10.3. The van der Waals surface area contributed by atoms with Gasteiger partial charge >= 0.3 is 5.97 Å².